The molecule has 0 aromatic rings. The molecule has 3 rings (SSSR count). The Kier molecular flexibility index (Phi) is 4.64. The van der Waals surface area contributed by atoms with E-state index in [9.17, 15) is 9.90 Å². The number of hydrogen-bond acceptors (Lipinski definition) is 2. The summed E-state index contributed by atoms with van der Waals surface area (Å²) in [7, 11) is 0. The number of halogens is 1. The predicted octanol–water partition coefficient (Wildman–Crippen LogP) is 4.31. The smallest absolute Gasteiger partial charge is 0.126 e. The van der Waals surface area contributed by atoms with Crippen molar-refractivity contribution in [3.05, 3.63) is 11.6 Å². The highest BCUT2D eigenvalue weighted by Crippen LogP contribution is 2.61. The van der Waals surface area contributed by atoms with Gasteiger partial charge < -0.3 is 9.90 Å². The Hall–Kier alpha value is -0.780. The zero-order chi connectivity index (χ0) is 16.7. The number of rotatable bonds is 2. The van der Waals surface area contributed by atoms with Crippen LogP contribution >= 0.6 is 11.6 Å². The van der Waals surface area contributed by atoms with Crippen molar-refractivity contribution in [2.24, 2.45) is 28.6 Å². The molecule has 2 nitrogen and oxygen atoms in total. The molecule has 0 spiro atoms. The molecule has 0 bridgehead atoms. The van der Waals surface area contributed by atoms with Crippen molar-refractivity contribution in [3.8, 4) is 11.3 Å². The SMILES string of the molecule is C[C@]1(C=O)CC[C@H]2[C@@H](CC=C3CC(O)CC[C@@]32C)C1CC#CCl. The first-order valence-electron chi connectivity index (χ1n) is 8.87. The number of hydrogen-bond donors (Lipinski definition) is 1. The molecule has 0 aliphatic heterocycles. The molecule has 1 N–H and O–H groups in total. The van der Waals surface area contributed by atoms with Crippen LogP contribution in [0.1, 0.15) is 58.8 Å². The third-order valence-electron chi connectivity index (χ3n) is 7.17. The fraction of sp³-hybridized carbons (Fsp3) is 0.750. The summed E-state index contributed by atoms with van der Waals surface area (Å²) in [5, 5.41) is 12.5. The van der Waals surface area contributed by atoms with Crippen LogP contribution in [0, 0.1) is 39.9 Å². The largest absolute Gasteiger partial charge is 0.393 e. The Labute approximate surface area is 144 Å². The molecular formula is C20H27ClO2. The summed E-state index contributed by atoms with van der Waals surface area (Å²) in [6.07, 6.45) is 9.91. The summed E-state index contributed by atoms with van der Waals surface area (Å²) in [5.41, 5.74) is 1.37. The van der Waals surface area contributed by atoms with Crippen molar-refractivity contribution >= 4 is 17.9 Å². The monoisotopic (exact) mass is 334 g/mol. The Morgan fingerprint density at radius 2 is 2.17 bits per heavy atom. The molecule has 2 unspecified atom stereocenters. The third kappa shape index (κ3) is 2.77. The van der Waals surface area contributed by atoms with Crippen molar-refractivity contribution in [1.82, 2.24) is 0 Å². The van der Waals surface area contributed by atoms with Crippen LogP contribution in [-0.2, 0) is 4.79 Å². The number of carbonyl (C=O) groups is 1. The Morgan fingerprint density at radius 1 is 1.39 bits per heavy atom. The predicted molar refractivity (Wildman–Crippen MR) is 92.8 cm³/mol. The highest BCUT2D eigenvalue weighted by molar-refractivity contribution is 6.30. The number of aldehydes is 1. The maximum atomic E-state index is 11.8. The lowest BCUT2D eigenvalue weighted by atomic mass is 9.47. The van der Waals surface area contributed by atoms with Crippen LogP contribution < -0.4 is 0 Å². The zero-order valence-corrected chi connectivity index (χ0v) is 14.9. The first-order chi connectivity index (χ1) is 10.9. The average molecular weight is 335 g/mol. The fourth-order valence-electron chi connectivity index (χ4n) is 5.67. The van der Waals surface area contributed by atoms with E-state index in [1.165, 1.54) is 5.57 Å². The minimum Gasteiger partial charge on any atom is -0.393 e. The first kappa shape index (κ1) is 17.1. The number of allylic oxidation sites excluding steroid dienone is 1. The highest BCUT2D eigenvalue weighted by Gasteiger charge is 2.54. The molecule has 2 fully saturated rings. The molecule has 3 heteroatoms. The van der Waals surface area contributed by atoms with E-state index in [4.69, 9.17) is 11.6 Å². The lowest BCUT2D eigenvalue weighted by Gasteiger charge is -2.57. The summed E-state index contributed by atoms with van der Waals surface area (Å²) in [6, 6.07) is 0. The van der Waals surface area contributed by atoms with E-state index in [2.05, 4.69) is 31.2 Å². The van der Waals surface area contributed by atoms with Crippen molar-refractivity contribution in [2.75, 3.05) is 0 Å². The van der Waals surface area contributed by atoms with Crippen molar-refractivity contribution in [2.45, 2.75) is 64.9 Å². The summed E-state index contributed by atoms with van der Waals surface area (Å²) in [4.78, 5) is 11.8. The van der Waals surface area contributed by atoms with Crippen molar-refractivity contribution in [3.63, 3.8) is 0 Å². The standard InChI is InChI=1S/C20H27ClO2/c1-19(13-22)9-8-18-16(17(19)4-3-11-21)6-5-14-12-15(23)7-10-20(14,18)2/h5,13,15-18,23H,4,6-10,12H2,1-2H3/t15?,16-,17?,18-,19+,20-/m0/s1. The maximum Gasteiger partial charge on any atom is 0.126 e. The van der Waals surface area contributed by atoms with Gasteiger partial charge in [-0.3, -0.25) is 0 Å². The molecule has 126 valence electrons. The minimum absolute atomic E-state index is 0.174. The molecule has 0 radical (unpaired) electrons. The second kappa shape index (κ2) is 6.26. The van der Waals surface area contributed by atoms with Crippen LogP contribution in [0.25, 0.3) is 0 Å². The first-order valence-corrected chi connectivity index (χ1v) is 9.25. The second-order valence-corrected chi connectivity index (χ2v) is 8.48. The van der Waals surface area contributed by atoms with Crippen LogP contribution in [0.5, 0.6) is 0 Å². The van der Waals surface area contributed by atoms with Gasteiger partial charge in [0.2, 0.25) is 0 Å². The van der Waals surface area contributed by atoms with E-state index < -0.39 is 0 Å². The topological polar surface area (TPSA) is 37.3 Å². The molecule has 0 aromatic carbocycles. The Morgan fingerprint density at radius 3 is 2.87 bits per heavy atom. The van der Waals surface area contributed by atoms with Gasteiger partial charge in [-0.2, -0.15) is 0 Å². The van der Waals surface area contributed by atoms with Gasteiger partial charge in [0.1, 0.15) is 6.29 Å². The van der Waals surface area contributed by atoms with Crippen molar-refractivity contribution in [1.29, 1.82) is 0 Å². The maximum absolute atomic E-state index is 11.8. The molecule has 3 aliphatic rings. The van der Waals surface area contributed by atoms with Crippen LogP contribution in [0.15, 0.2) is 11.6 Å². The molecule has 0 saturated heterocycles. The Balaban J connectivity index is 1.95. The number of aliphatic hydroxyl groups excluding tert-OH is 1. The summed E-state index contributed by atoms with van der Waals surface area (Å²) in [5.74, 6) is 4.41. The number of fused-ring (bicyclic) bond motifs is 3. The van der Waals surface area contributed by atoms with Gasteiger partial charge >= 0.3 is 0 Å². The van der Waals surface area contributed by atoms with Crippen LogP contribution in [0.3, 0.4) is 0 Å². The van der Waals surface area contributed by atoms with Crippen LogP contribution in [0.4, 0.5) is 0 Å². The lowest BCUT2D eigenvalue weighted by molar-refractivity contribution is -0.126. The van der Waals surface area contributed by atoms with Gasteiger partial charge in [0, 0.05) is 17.2 Å². The van der Waals surface area contributed by atoms with E-state index in [-0.39, 0.29) is 22.9 Å². The quantitative estimate of drug-likeness (QED) is 0.464. The van der Waals surface area contributed by atoms with Gasteiger partial charge in [-0.1, -0.05) is 31.4 Å². The molecule has 3 aliphatic carbocycles. The number of aliphatic hydroxyl groups is 1. The van der Waals surface area contributed by atoms with Gasteiger partial charge in [-0.25, -0.2) is 0 Å². The van der Waals surface area contributed by atoms with Gasteiger partial charge in [0.05, 0.1) is 6.10 Å². The van der Waals surface area contributed by atoms with Crippen LogP contribution in [0.2, 0.25) is 0 Å². The van der Waals surface area contributed by atoms with Gasteiger partial charge in [0.25, 0.3) is 0 Å². The molecule has 0 aromatic heterocycles. The minimum atomic E-state index is -0.280. The molecule has 6 atom stereocenters. The molecule has 2 saturated carbocycles. The fourth-order valence-corrected chi connectivity index (χ4v) is 5.75. The normalized spacial score (nSPS) is 45.8. The summed E-state index contributed by atoms with van der Waals surface area (Å²) < 4.78 is 0. The van der Waals surface area contributed by atoms with E-state index in [1.807, 2.05) is 0 Å². The number of carbonyl (C=O) groups excluding carboxylic acids is 1. The zero-order valence-electron chi connectivity index (χ0n) is 14.1. The Bertz CT molecular complexity index is 572. The van der Waals surface area contributed by atoms with Gasteiger partial charge in [0.15, 0.2) is 0 Å². The molecule has 0 amide bonds. The molecule has 23 heavy (non-hydrogen) atoms. The average Bonchev–Trinajstić information content (AvgIpc) is 2.54. The van der Waals surface area contributed by atoms with E-state index in [1.54, 1.807) is 0 Å². The van der Waals surface area contributed by atoms with E-state index in [0.717, 1.165) is 44.8 Å². The van der Waals surface area contributed by atoms with E-state index >= 15 is 0 Å². The highest BCUT2D eigenvalue weighted by atomic mass is 35.5. The molecule has 0 heterocycles. The third-order valence-corrected chi connectivity index (χ3v) is 7.31. The lowest BCUT2D eigenvalue weighted by Crippen LogP contribution is -2.51. The summed E-state index contributed by atoms with van der Waals surface area (Å²) >= 11 is 5.60. The summed E-state index contributed by atoms with van der Waals surface area (Å²) in [6.45, 7) is 4.48. The van der Waals surface area contributed by atoms with Crippen LogP contribution in [-0.4, -0.2) is 17.5 Å². The second-order valence-electron chi connectivity index (χ2n) is 8.29. The van der Waals surface area contributed by atoms with E-state index in [0.29, 0.717) is 18.3 Å². The van der Waals surface area contributed by atoms with Gasteiger partial charge in [-0.15, -0.1) is 0 Å². The van der Waals surface area contributed by atoms with Gasteiger partial charge in [-0.05, 0) is 73.3 Å². The molecular weight excluding hydrogens is 308 g/mol. The van der Waals surface area contributed by atoms with Crippen molar-refractivity contribution < 1.29 is 9.90 Å².